The second-order valence-corrected chi connectivity index (χ2v) is 6.74. The summed E-state index contributed by atoms with van der Waals surface area (Å²) in [6.45, 7) is 6.30. The number of rotatable bonds is 2. The minimum Gasteiger partial charge on any atom is -0.294 e. The largest absolute Gasteiger partial charge is 0.294 e. The summed E-state index contributed by atoms with van der Waals surface area (Å²) in [5.74, 6) is 0.383. The summed E-state index contributed by atoms with van der Waals surface area (Å²) >= 11 is 1.74. The lowest BCUT2D eigenvalue weighted by atomic mass is 9.71. The van der Waals surface area contributed by atoms with Crippen molar-refractivity contribution in [3.63, 3.8) is 0 Å². The predicted molar refractivity (Wildman–Crippen MR) is 69.3 cm³/mol. The first kappa shape index (κ1) is 11.8. The number of thiophene rings is 1. The molecule has 0 saturated heterocycles. The Bertz CT molecular complexity index is 397. The molecule has 1 aliphatic carbocycles. The van der Waals surface area contributed by atoms with E-state index in [2.05, 4.69) is 26.8 Å². The van der Waals surface area contributed by atoms with Gasteiger partial charge >= 0.3 is 0 Å². The molecule has 1 aliphatic rings. The fraction of sp³-hybridized carbons (Fsp3) is 0.643. The highest BCUT2D eigenvalue weighted by Gasteiger charge is 2.35. The number of hydrogen-bond donors (Lipinski definition) is 0. The van der Waals surface area contributed by atoms with Gasteiger partial charge in [0.05, 0.1) is 0 Å². The Balaban J connectivity index is 2.27. The maximum Gasteiger partial charge on any atom is 0.169 e. The molecule has 0 unspecified atom stereocenters. The van der Waals surface area contributed by atoms with Crippen molar-refractivity contribution in [2.45, 2.75) is 52.9 Å². The highest BCUT2D eigenvalue weighted by atomic mass is 32.1. The van der Waals surface area contributed by atoms with Crippen LogP contribution in [0.2, 0.25) is 0 Å². The molecule has 0 aliphatic heterocycles. The highest BCUT2D eigenvalue weighted by Crippen LogP contribution is 2.40. The molecule has 0 aromatic carbocycles. The van der Waals surface area contributed by atoms with Gasteiger partial charge in [0.2, 0.25) is 0 Å². The molecule has 0 bridgehead atoms. The van der Waals surface area contributed by atoms with Gasteiger partial charge in [-0.2, -0.15) is 0 Å². The summed E-state index contributed by atoms with van der Waals surface area (Å²) in [6, 6.07) is 2.07. The van der Waals surface area contributed by atoms with Crippen molar-refractivity contribution in [1.82, 2.24) is 0 Å². The van der Waals surface area contributed by atoms with Crippen LogP contribution in [0, 0.1) is 19.3 Å². The smallest absolute Gasteiger partial charge is 0.169 e. The molecular formula is C14H20OS. The second-order valence-electron chi connectivity index (χ2n) is 5.28. The number of carbonyl (C=O) groups excluding carboxylic acids is 1. The fourth-order valence-electron chi connectivity index (χ4n) is 2.74. The van der Waals surface area contributed by atoms with Gasteiger partial charge in [0.15, 0.2) is 5.78 Å². The minimum atomic E-state index is -0.0868. The molecule has 0 atom stereocenters. The Morgan fingerprint density at radius 2 is 1.88 bits per heavy atom. The van der Waals surface area contributed by atoms with Crippen LogP contribution in [0.15, 0.2) is 6.07 Å². The van der Waals surface area contributed by atoms with Crippen molar-refractivity contribution >= 4 is 17.1 Å². The Kier molecular flexibility index (Phi) is 3.20. The first-order valence-corrected chi connectivity index (χ1v) is 6.96. The van der Waals surface area contributed by atoms with Crippen molar-refractivity contribution in [2.24, 2.45) is 5.41 Å². The van der Waals surface area contributed by atoms with Gasteiger partial charge in [-0.1, -0.05) is 26.2 Å². The van der Waals surface area contributed by atoms with Crippen LogP contribution in [0.1, 0.15) is 59.1 Å². The third-order valence-electron chi connectivity index (χ3n) is 3.79. The molecule has 2 rings (SSSR count). The van der Waals surface area contributed by atoms with E-state index in [9.17, 15) is 4.79 Å². The van der Waals surface area contributed by atoms with Crippen LogP contribution in [0.5, 0.6) is 0 Å². The zero-order valence-corrected chi connectivity index (χ0v) is 11.2. The van der Waals surface area contributed by atoms with Crippen LogP contribution >= 0.6 is 11.3 Å². The molecule has 0 radical (unpaired) electrons. The number of hydrogen-bond acceptors (Lipinski definition) is 2. The zero-order valence-electron chi connectivity index (χ0n) is 10.4. The molecule has 0 N–H and O–H groups in total. The maximum absolute atomic E-state index is 12.6. The average molecular weight is 236 g/mol. The summed E-state index contributed by atoms with van der Waals surface area (Å²) in [5.41, 5.74) is 0.892. The Morgan fingerprint density at radius 3 is 2.38 bits per heavy atom. The van der Waals surface area contributed by atoms with Crippen LogP contribution in [0.3, 0.4) is 0 Å². The van der Waals surface area contributed by atoms with Crippen LogP contribution < -0.4 is 0 Å². The van der Waals surface area contributed by atoms with Gasteiger partial charge in [0.1, 0.15) is 0 Å². The van der Waals surface area contributed by atoms with Gasteiger partial charge in [-0.25, -0.2) is 0 Å². The monoisotopic (exact) mass is 236 g/mol. The highest BCUT2D eigenvalue weighted by molar-refractivity contribution is 7.12. The molecule has 1 aromatic rings. The van der Waals surface area contributed by atoms with Crippen LogP contribution in [-0.2, 0) is 0 Å². The van der Waals surface area contributed by atoms with E-state index in [4.69, 9.17) is 0 Å². The molecular weight excluding hydrogens is 216 g/mol. The van der Waals surface area contributed by atoms with E-state index < -0.39 is 0 Å². The van der Waals surface area contributed by atoms with Gasteiger partial charge in [-0.3, -0.25) is 4.79 Å². The molecule has 0 spiro atoms. The second kappa shape index (κ2) is 4.33. The van der Waals surface area contributed by atoms with E-state index in [1.807, 2.05) is 0 Å². The van der Waals surface area contributed by atoms with E-state index in [1.54, 1.807) is 11.3 Å². The Labute approximate surface area is 102 Å². The lowest BCUT2D eigenvalue weighted by molar-refractivity contribution is 0.0749. The van der Waals surface area contributed by atoms with Crippen molar-refractivity contribution in [1.29, 1.82) is 0 Å². The van der Waals surface area contributed by atoms with Crippen LogP contribution in [-0.4, -0.2) is 5.78 Å². The number of carbonyl (C=O) groups is 1. The summed E-state index contributed by atoms with van der Waals surface area (Å²) < 4.78 is 0. The Morgan fingerprint density at radius 1 is 1.25 bits per heavy atom. The first-order valence-electron chi connectivity index (χ1n) is 6.15. The molecule has 1 fully saturated rings. The Hall–Kier alpha value is -0.630. The lowest BCUT2D eigenvalue weighted by Crippen LogP contribution is -2.30. The maximum atomic E-state index is 12.6. The van der Waals surface area contributed by atoms with E-state index >= 15 is 0 Å². The molecule has 1 nitrogen and oxygen atoms in total. The quantitative estimate of drug-likeness (QED) is 0.690. The average Bonchev–Trinajstić information content (AvgIpc) is 2.58. The molecule has 1 saturated carbocycles. The summed E-state index contributed by atoms with van der Waals surface area (Å²) in [7, 11) is 0. The lowest BCUT2D eigenvalue weighted by Gasteiger charge is -2.32. The zero-order chi connectivity index (χ0) is 11.8. The van der Waals surface area contributed by atoms with E-state index in [0.29, 0.717) is 5.78 Å². The minimum absolute atomic E-state index is 0.0868. The number of Topliss-reactive ketones (excluding diaryl/α,β-unsaturated/α-hetero) is 1. The third-order valence-corrected chi connectivity index (χ3v) is 4.76. The summed E-state index contributed by atoms with van der Waals surface area (Å²) in [4.78, 5) is 15.0. The van der Waals surface area contributed by atoms with Gasteiger partial charge in [0.25, 0.3) is 0 Å². The topological polar surface area (TPSA) is 17.1 Å². The molecule has 0 amide bonds. The number of aryl methyl sites for hydroxylation is 2. The van der Waals surface area contributed by atoms with Crippen LogP contribution in [0.4, 0.5) is 0 Å². The normalized spacial score (nSPS) is 19.7. The van der Waals surface area contributed by atoms with Crippen molar-refractivity contribution < 1.29 is 4.79 Å². The van der Waals surface area contributed by atoms with Gasteiger partial charge < -0.3 is 0 Å². The first-order chi connectivity index (χ1) is 7.53. The molecule has 88 valence electrons. The standard InChI is InChI=1S/C14H20OS/c1-10-9-12(11(2)16-10)13(15)14(3)7-5-4-6-8-14/h9H,4-8H2,1-3H3. The van der Waals surface area contributed by atoms with Crippen molar-refractivity contribution in [2.75, 3.05) is 0 Å². The summed E-state index contributed by atoms with van der Waals surface area (Å²) in [5, 5.41) is 0. The summed E-state index contributed by atoms with van der Waals surface area (Å²) in [6.07, 6.45) is 5.86. The predicted octanol–water partition coefficient (Wildman–Crippen LogP) is 4.52. The van der Waals surface area contributed by atoms with Crippen LogP contribution in [0.25, 0.3) is 0 Å². The van der Waals surface area contributed by atoms with E-state index in [0.717, 1.165) is 18.4 Å². The van der Waals surface area contributed by atoms with Gasteiger partial charge in [0, 0.05) is 20.7 Å². The van der Waals surface area contributed by atoms with E-state index in [-0.39, 0.29) is 5.41 Å². The van der Waals surface area contributed by atoms with E-state index in [1.165, 1.54) is 29.0 Å². The van der Waals surface area contributed by atoms with Gasteiger partial charge in [-0.15, -0.1) is 11.3 Å². The van der Waals surface area contributed by atoms with Crippen molar-refractivity contribution in [3.8, 4) is 0 Å². The molecule has 1 aromatic heterocycles. The molecule has 1 heterocycles. The molecule has 2 heteroatoms. The third kappa shape index (κ3) is 2.08. The van der Waals surface area contributed by atoms with Gasteiger partial charge in [-0.05, 0) is 32.8 Å². The SMILES string of the molecule is Cc1cc(C(=O)C2(C)CCCCC2)c(C)s1. The number of ketones is 1. The molecule has 16 heavy (non-hydrogen) atoms. The fourth-order valence-corrected chi connectivity index (χ4v) is 3.66. The van der Waals surface area contributed by atoms with Crippen molar-refractivity contribution in [3.05, 3.63) is 21.4 Å².